The molecule has 0 amide bonds. The fourth-order valence-electron chi connectivity index (χ4n) is 8.60. The van der Waals surface area contributed by atoms with Gasteiger partial charge in [0.2, 0.25) is 0 Å². The number of ether oxygens (including phenoxy) is 1. The van der Waals surface area contributed by atoms with Gasteiger partial charge in [-0.25, -0.2) is 4.98 Å². The van der Waals surface area contributed by atoms with Gasteiger partial charge in [0.1, 0.15) is 5.82 Å². The molecular formula is C58H59N4OPt-3. The molecule has 6 aromatic carbocycles. The molecule has 9 rings (SSSR count). The van der Waals surface area contributed by atoms with Crippen molar-refractivity contribution in [2.75, 3.05) is 9.80 Å². The molecule has 0 unspecified atom stereocenters. The summed E-state index contributed by atoms with van der Waals surface area (Å²) in [5.74, 6) is 2.04. The van der Waals surface area contributed by atoms with Crippen LogP contribution in [0.5, 0.6) is 11.5 Å². The van der Waals surface area contributed by atoms with E-state index in [9.17, 15) is 0 Å². The molecule has 0 atom stereocenters. The molecule has 0 N–H and O–H groups in total. The molecule has 0 fully saturated rings. The molecule has 1 aliphatic rings. The molecule has 0 radical (unpaired) electrons. The second-order valence-corrected chi connectivity index (χ2v) is 21.2. The number of nitrogens with zero attached hydrogens (tertiary/aromatic N) is 4. The van der Waals surface area contributed by atoms with E-state index in [1.165, 1.54) is 33.4 Å². The van der Waals surface area contributed by atoms with Gasteiger partial charge in [-0.1, -0.05) is 149 Å². The molecular weight excluding hydrogens is 964 g/mol. The van der Waals surface area contributed by atoms with Crippen LogP contribution in [-0.4, -0.2) is 9.55 Å². The average molecular weight is 1020 g/mol. The van der Waals surface area contributed by atoms with Crippen LogP contribution in [-0.2, 0) is 42.7 Å². The van der Waals surface area contributed by atoms with Gasteiger partial charge in [0, 0.05) is 61.3 Å². The summed E-state index contributed by atoms with van der Waals surface area (Å²) < 4.78 is 8.90. The molecule has 0 bridgehead atoms. The van der Waals surface area contributed by atoms with E-state index in [1.807, 2.05) is 18.2 Å². The van der Waals surface area contributed by atoms with Crippen LogP contribution in [0.2, 0.25) is 0 Å². The first-order valence-electron chi connectivity index (χ1n) is 22.2. The van der Waals surface area contributed by atoms with Crippen molar-refractivity contribution in [2.45, 2.75) is 105 Å². The Morgan fingerprint density at radius 2 is 1.14 bits per heavy atom. The van der Waals surface area contributed by atoms with Crippen molar-refractivity contribution in [3.05, 3.63) is 175 Å². The number of rotatable bonds is 6. The van der Waals surface area contributed by atoms with Gasteiger partial charge in [-0.15, -0.1) is 48.1 Å². The van der Waals surface area contributed by atoms with Crippen LogP contribution < -0.4 is 14.5 Å². The van der Waals surface area contributed by atoms with Crippen molar-refractivity contribution in [1.82, 2.24) is 9.55 Å². The summed E-state index contributed by atoms with van der Waals surface area (Å²) >= 11 is 0. The minimum absolute atomic E-state index is 0. The quantitative estimate of drug-likeness (QED) is 0.155. The molecule has 64 heavy (non-hydrogen) atoms. The minimum Gasteiger partial charge on any atom is -0.509 e. The van der Waals surface area contributed by atoms with Crippen molar-refractivity contribution in [3.8, 4) is 28.4 Å². The van der Waals surface area contributed by atoms with Crippen LogP contribution in [0.3, 0.4) is 0 Å². The predicted molar refractivity (Wildman–Crippen MR) is 264 cm³/mol. The topological polar surface area (TPSA) is 33.5 Å². The van der Waals surface area contributed by atoms with E-state index in [-0.39, 0.29) is 42.7 Å². The summed E-state index contributed by atoms with van der Waals surface area (Å²) in [5.41, 5.74) is 13.6. The number of pyridine rings is 1. The number of hydrogen-bond donors (Lipinski definition) is 0. The number of para-hydroxylation sites is 3. The van der Waals surface area contributed by atoms with Gasteiger partial charge in [0.15, 0.2) is 0 Å². The van der Waals surface area contributed by atoms with E-state index in [2.05, 4.69) is 232 Å². The Kier molecular flexibility index (Phi) is 11.5. The van der Waals surface area contributed by atoms with E-state index in [0.717, 1.165) is 50.4 Å². The molecule has 3 heterocycles. The summed E-state index contributed by atoms with van der Waals surface area (Å²) in [5, 5.41) is 2.22. The van der Waals surface area contributed by atoms with E-state index in [0.29, 0.717) is 11.5 Å². The number of aromatic nitrogens is 2. The van der Waals surface area contributed by atoms with E-state index in [4.69, 9.17) is 9.72 Å². The van der Waals surface area contributed by atoms with Gasteiger partial charge in [-0.3, -0.25) is 0 Å². The summed E-state index contributed by atoms with van der Waals surface area (Å²) in [7, 11) is 0. The van der Waals surface area contributed by atoms with Crippen LogP contribution in [0, 0.1) is 18.8 Å². The van der Waals surface area contributed by atoms with Crippen molar-refractivity contribution < 1.29 is 25.8 Å². The van der Waals surface area contributed by atoms with Crippen LogP contribution in [0.15, 0.2) is 134 Å². The van der Waals surface area contributed by atoms with Crippen LogP contribution >= 0.6 is 0 Å². The summed E-state index contributed by atoms with van der Waals surface area (Å²) in [4.78, 5) is 9.67. The Bertz CT molecular complexity index is 2970. The Balaban J connectivity index is 0.00000560. The average Bonchev–Trinajstić information content (AvgIpc) is 3.78. The Morgan fingerprint density at radius 3 is 1.78 bits per heavy atom. The third-order valence-electron chi connectivity index (χ3n) is 12.3. The Morgan fingerprint density at radius 1 is 0.531 bits per heavy atom. The van der Waals surface area contributed by atoms with Crippen molar-refractivity contribution >= 4 is 44.6 Å². The minimum atomic E-state index is -0.108. The second kappa shape index (κ2) is 16.4. The monoisotopic (exact) mass is 1020 g/mol. The van der Waals surface area contributed by atoms with E-state index < -0.39 is 0 Å². The van der Waals surface area contributed by atoms with Crippen LogP contribution in [0.4, 0.5) is 22.7 Å². The standard InChI is InChI=1S/C58H59N4O.Pt/c1-55(2,3)39-26-24-38(25-27-39)48-35-54(59-36-49(48)58(10,11)12)62-50-21-14-13-20-46(50)47-29-28-45(34-53(47)62)63-44-19-17-18-42(33-44)60-37-61(52-23-16-15-22-51(52)60)43-31-40(56(4,5)6)30-41(32-43)57(7,8)9;/h13-32,35-37H,1-12H3;/q-3;. The maximum absolute atomic E-state index is 6.68. The first-order valence-corrected chi connectivity index (χ1v) is 22.2. The number of anilines is 4. The summed E-state index contributed by atoms with van der Waals surface area (Å²) in [6.07, 6.45) is 2.06. The van der Waals surface area contributed by atoms with Gasteiger partial charge >= 0.3 is 0 Å². The zero-order chi connectivity index (χ0) is 44.6. The first kappa shape index (κ1) is 44.9. The van der Waals surface area contributed by atoms with Gasteiger partial charge in [-0.2, -0.15) is 12.1 Å². The molecule has 0 aliphatic carbocycles. The zero-order valence-electron chi connectivity index (χ0n) is 39.3. The largest absolute Gasteiger partial charge is 0.509 e. The molecule has 0 saturated carbocycles. The fourth-order valence-corrected chi connectivity index (χ4v) is 8.60. The van der Waals surface area contributed by atoms with Gasteiger partial charge < -0.3 is 19.1 Å². The van der Waals surface area contributed by atoms with Crippen molar-refractivity contribution in [3.63, 3.8) is 0 Å². The maximum Gasteiger partial charge on any atom is 0.136 e. The normalized spacial score (nSPS) is 13.4. The van der Waals surface area contributed by atoms with Crippen LogP contribution in [0.1, 0.15) is 105 Å². The maximum atomic E-state index is 6.68. The van der Waals surface area contributed by atoms with Gasteiger partial charge in [0.25, 0.3) is 0 Å². The van der Waals surface area contributed by atoms with Crippen molar-refractivity contribution in [2.24, 2.45) is 0 Å². The predicted octanol–water partition coefficient (Wildman–Crippen LogP) is 15.8. The number of fused-ring (bicyclic) bond motifs is 4. The van der Waals surface area contributed by atoms with Crippen LogP contribution in [0.25, 0.3) is 38.8 Å². The van der Waals surface area contributed by atoms with Crippen molar-refractivity contribution in [1.29, 1.82) is 0 Å². The molecule has 5 nitrogen and oxygen atoms in total. The molecule has 0 saturated heterocycles. The van der Waals surface area contributed by atoms with Gasteiger partial charge in [-0.05, 0) is 96.8 Å². The van der Waals surface area contributed by atoms with E-state index >= 15 is 0 Å². The molecule has 2 aromatic heterocycles. The molecule has 1 aliphatic heterocycles. The zero-order valence-corrected chi connectivity index (χ0v) is 41.6. The van der Waals surface area contributed by atoms with Gasteiger partial charge in [0.05, 0.1) is 0 Å². The second-order valence-electron chi connectivity index (χ2n) is 21.2. The molecule has 330 valence electrons. The third kappa shape index (κ3) is 8.52. The SMILES string of the molecule is CC(C)(C)c1ccc(-c2cc(-n3c4[c-]c(Oc5[c-]c(N6[CH-]N(c7cc(C(C)(C)C)cc(C(C)(C)C)c7)c7ccccc76)ccc5)ccc4c4ccccc43)ncc2C(C)(C)C)cc1.[Pt]. The molecule has 8 aromatic rings. The first-order chi connectivity index (χ1) is 29.7. The Hall–Kier alpha value is -5.64. The van der Waals surface area contributed by atoms with E-state index in [1.54, 1.807) is 0 Å². The number of hydrogen-bond acceptors (Lipinski definition) is 4. The molecule has 6 heteroatoms. The third-order valence-corrected chi connectivity index (χ3v) is 12.3. The number of benzene rings is 6. The fraction of sp³-hybridized carbons (Fsp3) is 0.276. The Labute approximate surface area is 395 Å². The summed E-state index contributed by atoms with van der Waals surface area (Å²) in [6.45, 7) is 29.4. The smallest absolute Gasteiger partial charge is 0.136 e. The summed E-state index contributed by atoms with van der Waals surface area (Å²) in [6, 6.07) is 52.9. The molecule has 0 spiro atoms.